The van der Waals surface area contributed by atoms with E-state index < -0.39 is 0 Å². The van der Waals surface area contributed by atoms with E-state index in [0.29, 0.717) is 0 Å². The third-order valence-corrected chi connectivity index (χ3v) is 1.95. The van der Waals surface area contributed by atoms with E-state index in [1.165, 1.54) is 0 Å². The standard InChI is InChI=1S/C8H8ClN3/c1-12-5-6-4-7(10-9)2-3-8(6)11-12/h2-5,10H,1H3. The van der Waals surface area contributed by atoms with Crippen molar-refractivity contribution in [3.63, 3.8) is 0 Å². The van der Waals surface area contributed by atoms with Gasteiger partial charge < -0.3 is 0 Å². The van der Waals surface area contributed by atoms with E-state index in [0.717, 1.165) is 16.6 Å². The number of fused-ring (bicyclic) bond motifs is 1. The Balaban J connectivity index is 2.66. The molecule has 1 N–H and O–H groups in total. The summed E-state index contributed by atoms with van der Waals surface area (Å²) in [5.41, 5.74) is 1.87. The van der Waals surface area contributed by atoms with Gasteiger partial charge in [-0.1, -0.05) is 0 Å². The fraction of sp³-hybridized carbons (Fsp3) is 0.125. The van der Waals surface area contributed by atoms with Crippen LogP contribution in [0.2, 0.25) is 0 Å². The summed E-state index contributed by atoms with van der Waals surface area (Å²) < 4.78 is 1.78. The van der Waals surface area contributed by atoms with Gasteiger partial charge in [-0.2, -0.15) is 5.10 Å². The molecule has 1 aromatic carbocycles. The zero-order chi connectivity index (χ0) is 8.55. The average molecular weight is 182 g/mol. The first-order valence-electron chi connectivity index (χ1n) is 3.59. The Labute approximate surface area is 75.1 Å². The molecule has 62 valence electrons. The average Bonchev–Trinajstić information content (AvgIpc) is 2.43. The van der Waals surface area contributed by atoms with Gasteiger partial charge in [0.2, 0.25) is 0 Å². The van der Waals surface area contributed by atoms with Crippen molar-refractivity contribution in [3.8, 4) is 0 Å². The van der Waals surface area contributed by atoms with Crippen molar-refractivity contribution >= 4 is 28.4 Å². The van der Waals surface area contributed by atoms with Crippen molar-refractivity contribution < 1.29 is 0 Å². The Kier molecular flexibility index (Phi) is 1.66. The summed E-state index contributed by atoms with van der Waals surface area (Å²) in [6.07, 6.45) is 1.95. The van der Waals surface area contributed by atoms with E-state index >= 15 is 0 Å². The minimum Gasteiger partial charge on any atom is -0.298 e. The molecule has 12 heavy (non-hydrogen) atoms. The van der Waals surface area contributed by atoms with E-state index in [2.05, 4.69) is 9.93 Å². The van der Waals surface area contributed by atoms with Crippen LogP contribution in [-0.4, -0.2) is 9.78 Å². The van der Waals surface area contributed by atoms with Crippen LogP contribution in [0.5, 0.6) is 0 Å². The molecule has 0 saturated heterocycles. The third kappa shape index (κ3) is 1.12. The van der Waals surface area contributed by atoms with E-state index in [1.54, 1.807) is 4.68 Å². The van der Waals surface area contributed by atoms with Crippen LogP contribution in [0.25, 0.3) is 10.9 Å². The summed E-state index contributed by atoms with van der Waals surface area (Å²) in [4.78, 5) is 2.56. The highest BCUT2D eigenvalue weighted by Crippen LogP contribution is 2.17. The van der Waals surface area contributed by atoms with Gasteiger partial charge in [0.25, 0.3) is 0 Å². The van der Waals surface area contributed by atoms with Crippen molar-refractivity contribution in [2.24, 2.45) is 7.05 Å². The number of benzene rings is 1. The Morgan fingerprint density at radius 2 is 2.33 bits per heavy atom. The van der Waals surface area contributed by atoms with Crippen LogP contribution in [0, 0.1) is 0 Å². The van der Waals surface area contributed by atoms with E-state index in [4.69, 9.17) is 11.8 Å². The fourth-order valence-electron chi connectivity index (χ4n) is 1.21. The first-order valence-corrected chi connectivity index (χ1v) is 3.97. The monoisotopic (exact) mass is 181 g/mol. The van der Waals surface area contributed by atoms with Gasteiger partial charge in [-0.3, -0.25) is 9.52 Å². The van der Waals surface area contributed by atoms with Crippen LogP contribution >= 0.6 is 11.8 Å². The van der Waals surface area contributed by atoms with Gasteiger partial charge >= 0.3 is 0 Å². The zero-order valence-electron chi connectivity index (χ0n) is 6.58. The van der Waals surface area contributed by atoms with Crippen LogP contribution in [-0.2, 0) is 7.05 Å². The normalized spacial score (nSPS) is 10.5. The molecule has 0 spiro atoms. The minimum absolute atomic E-state index is 0.886. The van der Waals surface area contributed by atoms with Crippen LogP contribution in [0.15, 0.2) is 24.4 Å². The highest BCUT2D eigenvalue weighted by Gasteiger charge is 1.98. The minimum atomic E-state index is 0.886. The highest BCUT2D eigenvalue weighted by molar-refractivity contribution is 6.24. The lowest BCUT2D eigenvalue weighted by Gasteiger charge is -1.94. The molecule has 0 amide bonds. The van der Waals surface area contributed by atoms with E-state index in [-0.39, 0.29) is 0 Å². The van der Waals surface area contributed by atoms with E-state index in [1.807, 2.05) is 31.4 Å². The number of anilines is 1. The molecule has 0 aliphatic carbocycles. The second-order valence-electron chi connectivity index (χ2n) is 2.67. The molecule has 0 unspecified atom stereocenters. The highest BCUT2D eigenvalue weighted by atomic mass is 35.5. The second kappa shape index (κ2) is 2.68. The van der Waals surface area contributed by atoms with Gasteiger partial charge in [-0.25, -0.2) is 0 Å². The topological polar surface area (TPSA) is 29.9 Å². The first-order chi connectivity index (χ1) is 5.79. The molecule has 2 aromatic rings. The summed E-state index contributed by atoms with van der Waals surface area (Å²) in [5, 5.41) is 5.32. The number of halogens is 1. The number of nitrogens with zero attached hydrogens (tertiary/aromatic N) is 2. The molecule has 2 rings (SSSR count). The van der Waals surface area contributed by atoms with Gasteiger partial charge in [-0.05, 0) is 18.2 Å². The maximum atomic E-state index is 5.46. The molecule has 0 fully saturated rings. The van der Waals surface area contributed by atoms with Gasteiger partial charge in [0.05, 0.1) is 5.52 Å². The second-order valence-corrected chi connectivity index (χ2v) is 2.86. The molecule has 0 bridgehead atoms. The summed E-state index contributed by atoms with van der Waals surface area (Å²) in [5.74, 6) is 0. The SMILES string of the molecule is Cn1cc2cc(NCl)ccc2n1. The first kappa shape index (κ1) is 7.43. The quantitative estimate of drug-likeness (QED) is 0.684. The smallest absolute Gasteiger partial charge is 0.0924 e. The zero-order valence-corrected chi connectivity index (χ0v) is 7.34. The third-order valence-electron chi connectivity index (χ3n) is 1.73. The summed E-state index contributed by atoms with van der Waals surface area (Å²) in [6.45, 7) is 0. The summed E-state index contributed by atoms with van der Waals surface area (Å²) in [6, 6.07) is 5.78. The predicted molar refractivity (Wildman–Crippen MR) is 50.2 cm³/mol. The molecule has 0 saturated carbocycles. The van der Waals surface area contributed by atoms with Gasteiger partial charge in [0.15, 0.2) is 0 Å². The molecule has 0 aliphatic rings. The molecule has 3 nitrogen and oxygen atoms in total. The molecule has 0 atom stereocenters. The Morgan fingerprint density at radius 3 is 3.08 bits per heavy atom. The van der Waals surface area contributed by atoms with Crippen molar-refractivity contribution in [2.45, 2.75) is 0 Å². The molecule has 4 heteroatoms. The number of rotatable bonds is 1. The largest absolute Gasteiger partial charge is 0.298 e. The predicted octanol–water partition coefficient (Wildman–Crippen LogP) is 2.14. The van der Waals surface area contributed by atoms with Crippen LogP contribution in [0.3, 0.4) is 0 Å². The lowest BCUT2D eigenvalue weighted by atomic mass is 10.2. The number of hydrogen-bond donors (Lipinski definition) is 1. The van der Waals surface area contributed by atoms with Gasteiger partial charge in [-0.15, -0.1) is 0 Å². The molecule has 0 aliphatic heterocycles. The lowest BCUT2D eigenvalue weighted by Crippen LogP contribution is -1.84. The molecule has 1 heterocycles. The molecular weight excluding hydrogens is 174 g/mol. The van der Waals surface area contributed by atoms with Crippen LogP contribution in [0.1, 0.15) is 0 Å². The Bertz CT molecular complexity index is 408. The molecule has 1 aromatic heterocycles. The van der Waals surface area contributed by atoms with Crippen molar-refractivity contribution in [3.05, 3.63) is 24.4 Å². The van der Waals surface area contributed by atoms with Crippen molar-refractivity contribution in [2.75, 3.05) is 4.84 Å². The summed E-state index contributed by atoms with van der Waals surface area (Å²) >= 11 is 5.46. The van der Waals surface area contributed by atoms with E-state index in [9.17, 15) is 0 Å². The lowest BCUT2D eigenvalue weighted by molar-refractivity contribution is 0.780. The maximum Gasteiger partial charge on any atom is 0.0924 e. The van der Waals surface area contributed by atoms with Crippen LogP contribution in [0.4, 0.5) is 5.69 Å². The number of hydrogen-bond acceptors (Lipinski definition) is 2. The number of aromatic nitrogens is 2. The Morgan fingerprint density at radius 1 is 1.50 bits per heavy atom. The summed E-state index contributed by atoms with van der Waals surface area (Å²) in [7, 11) is 1.90. The van der Waals surface area contributed by atoms with Gasteiger partial charge in [0.1, 0.15) is 0 Å². The fourth-order valence-corrected chi connectivity index (χ4v) is 1.33. The van der Waals surface area contributed by atoms with Crippen molar-refractivity contribution in [1.29, 1.82) is 0 Å². The number of aryl methyl sites for hydroxylation is 1. The Hall–Kier alpha value is -1.22. The molecular formula is C8H8ClN3. The number of nitrogens with one attached hydrogen (secondary N) is 1. The maximum absolute atomic E-state index is 5.46. The van der Waals surface area contributed by atoms with Gasteiger partial charge in [0, 0.05) is 36.1 Å². The van der Waals surface area contributed by atoms with Crippen molar-refractivity contribution in [1.82, 2.24) is 9.78 Å². The van der Waals surface area contributed by atoms with Crippen LogP contribution < -0.4 is 4.84 Å². The molecule has 0 radical (unpaired) electrons.